The van der Waals surface area contributed by atoms with E-state index in [0.717, 1.165) is 0 Å². The summed E-state index contributed by atoms with van der Waals surface area (Å²) in [7, 11) is 1.54. The van der Waals surface area contributed by atoms with Gasteiger partial charge in [0.15, 0.2) is 0 Å². The average molecular weight is 151 g/mol. The Morgan fingerprint density at radius 3 is 2.80 bits per heavy atom. The molecule has 3 nitrogen and oxygen atoms in total. The Morgan fingerprint density at radius 2 is 2.40 bits per heavy atom. The van der Waals surface area contributed by atoms with Gasteiger partial charge in [-0.1, -0.05) is 0 Å². The number of methoxy groups -OCH3 is 1. The van der Waals surface area contributed by atoms with E-state index >= 15 is 0 Å². The molecule has 0 aromatic heterocycles. The first-order valence-electron chi connectivity index (χ1n) is 3.24. The maximum absolute atomic E-state index is 11.5. The van der Waals surface area contributed by atoms with Crippen molar-refractivity contribution in [2.45, 2.75) is 6.04 Å². The lowest BCUT2D eigenvalue weighted by Gasteiger charge is -2.13. The van der Waals surface area contributed by atoms with Crippen molar-refractivity contribution < 1.29 is 14.2 Å². The average Bonchev–Trinajstić information content (AvgIpc) is 1.98. The van der Waals surface area contributed by atoms with Gasteiger partial charge >= 0.3 is 0 Å². The third kappa shape index (κ3) is 4.67. The van der Waals surface area contributed by atoms with Crippen LogP contribution in [-0.2, 0) is 4.74 Å². The molecule has 0 radical (unpaired) electrons. The highest BCUT2D eigenvalue weighted by Crippen LogP contribution is 1.81. The first-order chi connectivity index (χ1) is 4.85. The molecule has 0 amide bonds. The van der Waals surface area contributed by atoms with Gasteiger partial charge in [-0.25, -0.2) is 4.39 Å². The number of rotatable bonds is 6. The van der Waals surface area contributed by atoms with Crippen LogP contribution < -0.4 is 5.32 Å². The summed E-state index contributed by atoms with van der Waals surface area (Å²) in [6.45, 7) is 0.249. The largest absolute Gasteiger partial charge is 0.395 e. The molecule has 62 valence electrons. The highest BCUT2D eigenvalue weighted by Gasteiger charge is 2.03. The van der Waals surface area contributed by atoms with Gasteiger partial charge in [0, 0.05) is 13.7 Å². The number of nitrogens with one attached hydrogen (secondary N) is 1. The predicted molar refractivity (Wildman–Crippen MR) is 36.7 cm³/mol. The SMILES string of the molecule is COCC(CO)NCCF. The monoisotopic (exact) mass is 151 g/mol. The van der Waals surface area contributed by atoms with Crippen molar-refractivity contribution in [1.82, 2.24) is 5.32 Å². The van der Waals surface area contributed by atoms with Gasteiger partial charge in [-0.15, -0.1) is 0 Å². The van der Waals surface area contributed by atoms with Gasteiger partial charge < -0.3 is 15.2 Å². The highest BCUT2D eigenvalue weighted by atomic mass is 19.1. The number of hydrogen-bond donors (Lipinski definition) is 2. The molecule has 0 fully saturated rings. The smallest absolute Gasteiger partial charge is 0.102 e. The number of ether oxygens (including phenoxy) is 1. The van der Waals surface area contributed by atoms with Gasteiger partial charge in [0.1, 0.15) is 6.67 Å². The van der Waals surface area contributed by atoms with Gasteiger partial charge in [0.2, 0.25) is 0 Å². The molecule has 4 heteroatoms. The molecule has 0 saturated heterocycles. The predicted octanol–water partition coefficient (Wildman–Crippen LogP) is -0.447. The van der Waals surface area contributed by atoms with Crippen LogP contribution in [0.5, 0.6) is 0 Å². The van der Waals surface area contributed by atoms with E-state index in [0.29, 0.717) is 6.61 Å². The number of aliphatic hydroxyl groups excluding tert-OH is 1. The van der Waals surface area contributed by atoms with Crippen molar-refractivity contribution in [3.05, 3.63) is 0 Å². The van der Waals surface area contributed by atoms with E-state index in [1.54, 1.807) is 7.11 Å². The van der Waals surface area contributed by atoms with Crippen LogP contribution >= 0.6 is 0 Å². The molecule has 0 spiro atoms. The van der Waals surface area contributed by atoms with E-state index in [-0.39, 0.29) is 19.2 Å². The zero-order valence-corrected chi connectivity index (χ0v) is 6.14. The lowest BCUT2D eigenvalue weighted by Crippen LogP contribution is -2.37. The fourth-order valence-electron chi connectivity index (χ4n) is 0.636. The van der Waals surface area contributed by atoms with Crippen LogP contribution in [0.1, 0.15) is 0 Å². The van der Waals surface area contributed by atoms with Gasteiger partial charge in [0.25, 0.3) is 0 Å². The molecule has 2 N–H and O–H groups in total. The summed E-state index contributed by atoms with van der Waals surface area (Å²) in [6, 6.07) is -0.138. The zero-order chi connectivity index (χ0) is 7.82. The van der Waals surface area contributed by atoms with Crippen molar-refractivity contribution in [1.29, 1.82) is 0 Å². The molecule has 1 atom stereocenters. The number of aliphatic hydroxyl groups is 1. The van der Waals surface area contributed by atoms with E-state index in [2.05, 4.69) is 5.32 Å². The Hall–Kier alpha value is -0.190. The summed E-state index contributed by atoms with van der Waals surface area (Å²) in [5.41, 5.74) is 0. The minimum Gasteiger partial charge on any atom is -0.395 e. The molecule has 1 unspecified atom stereocenters. The van der Waals surface area contributed by atoms with Crippen molar-refractivity contribution in [2.24, 2.45) is 0 Å². The van der Waals surface area contributed by atoms with Crippen LogP contribution in [-0.4, -0.2) is 44.7 Å². The summed E-state index contributed by atoms with van der Waals surface area (Å²) in [5, 5.41) is 11.4. The lowest BCUT2D eigenvalue weighted by atomic mass is 10.3. The fraction of sp³-hybridized carbons (Fsp3) is 1.00. The molecule has 0 bridgehead atoms. The summed E-state index contributed by atoms with van der Waals surface area (Å²) in [4.78, 5) is 0. The van der Waals surface area contributed by atoms with E-state index < -0.39 is 6.67 Å². The first kappa shape index (κ1) is 9.81. The highest BCUT2D eigenvalue weighted by molar-refractivity contribution is 4.62. The summed E-state index contributed by atoms with van der Waals surface area (Å²) in [5.74, 6) is 0. The molecule has 0 aliphatic heterocycles. The van der Waals surface area contributed by atoms with Crippen molar-refractivity contribution >= 4 is 0 Å². The van der Waals surface area contributed by atoms with Crippen molar-refractivity contribution in [3.63, 3.8) is 0 Å². The Labute approximate surface area is 60.2 Å². The maximum atomic E-state index is 11.5. The van der Waals surface area contributed by atoms with E-state index in [1.165, 1.54) is 0 Å². The van der Waals surface area contributed by atoms with Crippen molar-refractivity contribution in [2.75, 3.05) is 33.5 Å². The number of hydrogen-bond acceptors (Lipinski definition) is 3. The second-order valence-corrected chi connectivity index (χ2v) is 1.98. The van der Waals surface area contributed by atoms with Crippen LogP contribution in [0.3, 0.4) is 0 Å². The fourth-order valence-corrected chi connectivity index (χ4v) is 0.636. The standard InChI is InChI=1S/C6H14FNO2/c1-10-5-6(4-9)8-3-2-7/h6,8-9H,2-5H2,1H3. The zero-order valence-electron chi connectivity index (χ0n) is 6.14. The normalized spacial score (nSPS) is 13.5. The van der Waals surface area contributed by atoms with Gasteiger partial charge in [-0.3, -0.25) is 0 Å². The maximum Gasteiger partial charge on any atom is 0.102 e. The van der Waals surface area contributed by atoms with E-state index in [4.69, 9.17) is 9.84 Å². The molecule has 0 aromatic rings. The third-order valence-electron chi connectivity index (χ3n) is 1.12. The van der Waals surface area contributed by atoms with Crippen LogP contribution in [0.2, 0.25) is 0 Å². The Kier molecular flexibility index (Phi) is 6.79. The van der Waals surface area contributed by atoms with Crippen LogP contribution in [0.25, 0.3) is 0 Å². The lowest BCUT2D eigenvalue weighted by molar-refractivity contribution is 0.128. The van der Waals surface area contributed by atoms with Crippen LogP contribution in [0.4, 0.5) is 4.39 Å². The second kappa shape index (κ2) is 6.92. The topological polar surface area (TPSA) is 41.5 Å². The molecule has 0 heterocycles. The molecule has 10 heavy (non-hydrogen) atoms. The molecule has 0 aliphatic carbocycles. The van der Waals surface area contributed by atoms with Gasteiger partial charge in [-0.05, 0) is 0 Å². The molecule has 0 saturated carbocycles. The summed E-state index contributed by atoms with van der Waals surface area (Å²) in [6.07, 6.45) is 0. The Balaban J connectivity index is 3.21. The van der Waals surface area contributed by atoms with Gasteiger partial charge in [0.05, 0.1) is 19.3 Å². The molecular weight excluding hydrogens is 137 g/mol. The van der Waals surface area contributed by atoms with E-state index in [1.807, 2.05) is 0 Å². The number of halogens is 1. The third-order valence-corrected chi connectivity index (χ3v) is 1.12. The van der Waals surface area contributed by atoms with Crippen LogP contribution in [0.15, 0.2) is 0 Å². The van der Waals surface area contributed by atoms with E-state index in [9.17, 15) is 4.39 Å². The molecule has 0 rings (SSSR count). The molecule has 0 aromatic carbocycles. The van der Waals surface area contributed by atoms with Crippen LogP contribution in [0, 0.1) is 0 Å². The quantitative estimate of drug-likeness (QED) is 0.540. The molecule has 0 aliphatic rings. The minimum absolute atomic E-state index is 0.0200. The number of alkyl halides is 1. The van der Waals surface area contributed by atoms with Crippen molar-refractivity contribution in [3.8, 4) is 0 Å². The summed E-state index contributed by atoms with van der Waals surface area (Å²) >= 11 is 0. The Morgan fingerprint density at radius 1 is 1.70 bits per heavy atom. The Bertz CT molecular complexity index is 72.8. The first-order valence-corrected chi connectivity index (χ1v) is 3.24. The minimum atomic E-state index is -0.416. The van der Waals surface area contributed by atoms with Gasteiger partial charge in [-0.2, -0.15) is 0 Å². The molecular formula is C6H14FNO2. The second-order valence-electron chi connectivity index (χ2n) is 1.98. The summed E-state index contributed by atoms with van der Waals surface area (Å²) < 4.78 is 16.3.